The quantitative estimate of drug-likeness (QED) is 0.672. The van der Waals surface area contributed by atoms with E-state index in [1.165, 1.54) is 38.8 Å². The molecule has 3 atom stereocenters. The van der Waals surface area contributed by atoms with Gasteiger partial charge in [0.2, 0.25) is 0 Å². The molecule has 2 aliphatic rings. The van der Waals surface area contributed by atoms with Gasteiger partial charge in [0.15, 0.2) is 0 Å². The van der Waals surface area contributed by atoms with E-state index < -0.39 is 0 Å². The van der Waals surface area contributed by atoms with E-state index in [-0.39, 0.29) is 0 Å². The zero-order valence-electron chi connectivity index (χ0n) is 9.08. The van der Waals surface area contributed by atoms with Crippen molar-refractivity contribution < 1.29 is 0 Å². The van der Waals surface area contributed by atoms with Crippen molar-refractivity contribution in [2.45, 2.75) is 45.1 Å². The van der Waals surface area contributed by atoms with Crippen LogP contribution in [0.25, 0.3) is 0 Å². The minimum atomic E-state index is 0.332. The molecule has 2 fully saturated rings. The maximum atomic E-state index is 9.02. The van der Waals surface area contributed by atoms with Gasteiger partial charge < -0.3 is 0 Å². The number of nitrogens with zero attached hydrogens (tertiary/aromatic N) is 2. The first-order valence-electron chi connectivity index (χ1n) is 6.00. The molecule has 78 valence electrons. The lowest BCUT2D eigenvalue weighted by molar-refractivity contribution is 0.0109. The molecule has 0 bridgehead atoms. The van der Waals surface area contributed by atoms with Crippen LogP contribution in [-0.2, 0) is 0 Å². The highest BCUT2D eigenvalue weighted by atomic mass is 15.2. The summed E-state index contributed by atoms with van der Waals surface area (Å²) in [5.74, 6) is 1.13. The highest BCUT2D eigenvalue weighted by molar-refractivity contribution is 5.05. The van der Waals surface area contributed by atoms with Crippen molar-refractivity contribution in [3.8, 4) is 6.07 Å². The molecule has 0 unspecified atom stereocenters. The monoisotopic (exact) mass is 192 g/mol. The van der Waals surface area contributed by atoms with Crippen LogP contribution in [0.5, 0.6) is 0 Å². The van der Waals surface area contributed by atoms with Gasteiger partial charge in [-0.25, -0.2) is 0 Å². The van der Waals surface area contributed by atoms with E-state index in [9.17, 15) is 0 Å². The normalized spacial score (nSPS) is 38.7. The van der Waals surface area contributed by atoms with Crippen LogP contribution in [0.1, 0.15) is 39.0 Å². The third-order valence-electron chi connectivity index (χ3n) is 3.95. The molecule has 0 amide bonds. The molecular weight excluding hydrogens is 172 g/mol. The maximum Gasteiger partial charge on any atom is 0.0672 e. The summed E-state index contributed by atoms with van der Waals surface area (Å²) in [6.45, 7) is 4.73. The van der Waals surface area contributed by atoms with Gasteiger partial charge in [-0.2, -0.15) is 5.26 Å². The second-order valence-electron chi connectivity index (χ2n) is 4.73. The van der Waals surface area contributed by atoms with Crippen LogP contribution in [0.2, 0.25) is 0 Å². The van der Waals surface area contributed by atoms with Crippen LogP contribution >= 0.6 is 0 Å². The average Bonchev–Trinajstić information content (AvgIpc) is 2.19. The van der Waals surface area contributed by atoms with Crippen LogP contribution < -0.4 is 0 Å². The summed E-state index contributed by atoms with van der Waals surface area (Å²) in [5, 5.41) is 9.02. The third kappa shape index (κ3) is 1.66. The number of nitriles is 1. The Labute approximate surface area is 86.9 Å². The molecule has 1 aliphatic heterocycles. The molecule has 0 aromatic heterocycles. The zero-order valence-corrected chi connectivity index (χ0v) is 9.08. The Morgan fingerprint density at radius 3 is 2.57 bits per heavy atom. The third-order valence-corrected chi connectivity index (χ3v) is 3.95. The summed E-state index contributed by atoms with van der Waals surface area (Å²) in [6.07, 6.45) is 6.46. The minimum Gasteiger partial charge on any atom is -0.299 e. The van der Waals surface area contributed by atoms with E-state index >= 15 is 0 Å². The summed E-state index contributed by atoms with van der Waals surface area (Å²) < 4.78 is 0. The highest BCUT2D eigenvalue weighted by Crippen LogP contribution is 2.40. The SMILES string of the molecule is CC[C@@H]1C[C@@H](C#N)[C@@H]1N1CCCCC1. The molecule has 2 heteroatoms. The van der Waals surface area contributed by atoms with Gasteiger partial charge >= 0.3 is 0 Å². The summed E-state index contributed by atoms with van der Waals surface area (Å²) in [4.78, 5) is 2.58. The fourth-order valence-electron chi connectivity index (χ4n) is 3.04. The second kappa shape index (κ2) is 4.31. The first-order chi connectivity index (χ1) is 6.86. The number of likely N-dealkylation sites (tertiary alicyclic amines) is 1. The fourth-order valence-corrected chi connectivity index (χ4v) is 3.04. The fraction of sp³-hybridized carbons (Fsp3) is 0.917. The Hall–Kier alpha value is -0.550. The first kappa shape index (κ1) is 9.98. The van der Waals surface area contributed by atoms with E-state index in [2.05, 4.69) is 17.9 Å². The van der Waals surface area contributed by atoms with Crippen LogP contribution in [0.15, 0.2) is 0 Å². The van der Waals surface area contributed by atoms with Crippen molar-refractivity contribution in [3.63, 3.8) is 0 Å². The summed E-state index contributed by atoms with van der Waals surface area (Å²) in [7, 11) is 0. The largest absolute Gasteiger partial charge is 0.299 e. The van der Waals surface area contributed by atoms with Gasteiger partial charge in [-0.15, -0.1) is 0 Å². The topological polar surface area (TPSA) is 27.0 Å². The summed E-state index contributed by atoms with van der Waals surface area (Å²) in [5.41, 5.74) is 0. The lowest BCUT2D eigenvalue weighted by Crippen LogP contribution is -2.54. The average molecular weight is 192 g/mol. The number of rotatable bonds is 2. The summed E-state index contributed by atoms with van der Waals surface area (Å²) in [6, 6.07) is 3.07. The standard InChI is InChI=1S/C12H20N2/c1-2-10-8-11(9-13)12(10)14-6-4-3-5-7-14/h10-12H,2-8H2,1H3/t10-,11+,12-/m1/s1. The predicted molar refractivity (Wildman–Crippen MR) is 56.7 cm³/mol. The molecule has 14 heavy (non-hydrogen) atoms. The lowest BCUT2D eigenvalue weighted by atomic mass is 9.68. The van der Waals surface area contributed by atoms with Gasteiger partial charge in [0.05, 0.1) is 12.0 Å². The van der Waals surface area contributed by atoms with E-state index in [0.717, 1.165) is 12.3 Å². The Morgan fingerprint density at radius 2 is 2.00 bits per heavy atom. The summed E-state index contributed by atoms with van der Waals surface area (Å²) >= 11 is 0. The molecular formula is C12H20N2. The van der Waals surface area contributed by atoms with E-state index in [1.54, 1.807) is 0 Å². The van der Waals surface area contributed by atoms with E-state index in [1.807, 2.05) is 0 Å². The van der Waals surface area contributed by atoms with Crippen molar-refractivity contribution >= 4 is 0 Å². The van der Waals surface area contributed by atoms with Crippen molar-refractivity contribution in [1.82, 2.24) is 4.90 Å². The molecule has 0 radical (unpaired) electrons. The van der Waals surface area contributed by atoms with Crippen LogP contribution in [0, 0.1) is 23.2 Å². The molecule has 1 saturated carbocycles. The van der Waals surface area contributed by atoms with Crippen LogP contribution in [0.4, 0.5) is 0 Å². The van der Waals surface area contributed by atoms with Crippen molar-refractivity contribution in [2.24, 2.45) is 11.8 Å². The van der Waals surface area contributed by atoms with Gasteiger partial charge in [-0.3, -0.25) is 4.90 Å². The molecule has 0 aromatic carbocycles. The number of hydrogen-bond acceptors (Lipinski definition) is 2. The van der Waals surface area contributed by atoms with Crippen molar-refractivity contribution in [2.75, 3.05) is 13.1 Å². The Bertz CT molecular complexity index is 225. The zero-order chi connectivity index (χ0) is 9.97. The van der Waals surface area contributed by atoms with Crippen molar-refractivity contribution in [3.05, 3.63) is 0 Å². The van der Waals surface area contributed by atoms with Gasteiger partial charge in [0.25, 0.3) is 0 Å². The molecule has 2 nitrogen and oxygen atoms in total. The molecule has 1 heterocycles. The lowest BCUT2D eigenvalue weighted by Gasteiger charge is -2.49. The van der Waals surface area contributed by atoms with Gasteiger partial charge in [0, 0.05) is 6.04 Å². The Balaban J connectivity index is 1.95. The Morgan fingerprint density at radius 1 is 1.29 bits per heavy atom. The van der Waals surface area contributed by atoms with E-state index in [4.69, 9.17) is 5.26 Å². The van der Waals surface area contributed by atoms with Crippen LogP contribution in [-0.4, -0.2) is 24.0 Å². The molecule has 0 spiro atoms. The van der Waals surface area contributed by atoms with E-state index in [0.29, 0.717) is 12.0 Å². The predicted octanol–water partition coefficient (Wildman–Crippen LogP) is 2.41. The maximum absolute atomic E-state index is 9.02. The molecule has 0 aromatic rings. The molecule has 1 aliphatic carbocycles. The van der Waals surface area contributed by atoms with Crippen LogP contribution in [0.3, 0.4) is 0 Å². The smallest absolute Gasteiger partial charge is 0.0672 e. The van der Waals surface area contributed by atoms with Gasteiger partial charge in [0.1, 0.15) is 0 Å². The number of hydrogen-bond donors (Lipinski definition) is 0. The highest BCUT2D eigenvalue weighted by Gasteiger charge is 2.43. The first-order valence-corrected chi connectivity index (χ1v) is 6.00. The number of piperidine rings is 1. The molecule has 1 saturated heterocycles. The van der Waals surface area contributed by atoms with Gasteiger partial charge in [-0.1, -0.05) is 19.8 Å². The van der Waals surface area contributed by atoms with Crippen molar-refractivity contribution in [1.29, 1.82) is 5.26 Å². The molecule has 2 rings (SSSR count). The molecule has 0 N–H and O–H groups in total. The van der Waals surface area contributed by atoms with Gasteiger partial charge in [-0.05, 0) is 38.3 Å². The second-order valence-corrected chi connectivity index (χ2v) is 4.73. The minimum absolute atomic E-state index is 0.332. The Kier molecular flexibility index (Phi) is 3.08.